The molecule has 1 aromatic rings. The summed E-state index contributed by atoms with van der Waals surface area (Å²) in [5, 5.41) is 0.487. The largest absolute Gasteiger partial charge is 0.341 e. The highest BCUT2D eigenvalue weighted by molar-refractivity contribution is 9.10. The lowest BCUT2D eigenvalue weighted by Crippen LogP contribution is -2.37. The molecule has 0 aromatic heterocycles. The van der Waals surface area contributed by atoms with Crippen LogP contribution in [0.15, 0.2) is 22.7 Å². The van der Waals surface area contributed by atoms with E-state index in [1.165, 1.54) is 0 Å². The molecule has 1 fully saturated rings. The zero-order valence-corrected chi connectivity index (χ0v) is 13.9. The fraction of sp³-hybridized carbons (Fsp3) is 0.462. The molecule has 0 spiro atoms. The maximum Gasteiger partial charge on any atom is 0.255 e. The molecule has 1 aliphatic carbocycles. The third-order valence-corrected chi connectivity index (χ3v) is 5.28. The van der Waals surface area contributed by atoms with Crippen LogP contribution < -0.4 is 0 Å². The SMILES string of the molecule is CN(CC1CC(Br)C1)C(=O)c1cccc(Br)c1Cl. The lowest BCUT2D eigenvalue weighted by Gasteiger charge is -2.34. The Bertz CT molecular complexity index is 460. The van der Waals surface area contributed by atoms with Gasteiger partial charge in [0.2, 0.25) is 0 Å². The van der Waals surface area contributed by atoms with Crippen LogP contribution in [0.2, 0.25) is 5.02 Å². The van der Waals surface area contributed by atoms with E-state index in [-0.39, 0.29) is 5.91 Å². The number of nitrogens with zero attached hydrogens (tertiary/aromatic N) is 1. The summed E-state index contributed by atoms with van der Waals surface area (Å²) < 4.78 is 0.757. The van der Waals surface area contributed by atoms with Crippen molar-refractivity contribution in [2.45, 2.75) is 17.7 Å². The summed E-state index contributed by atoms with van der Waals surface area (Å²) >= 11 is 13.0. The minimum absolute atomic E-state index is 0.0145. The Balaban J connectivity index is 2.04. The first-order chi connectivity index (χ1) is 8.49. The lowest BCUT2D eigenvalue weighted by atomic mass is 9.85. The number of alkyl halides is 1. The summed E-state index contributed by atoms with van der Waals surface area (Å²) in [6, 6.07) is 5.43. The summed E-state index contributed by atoms with van der Waals surface area (Å²) in [5.74, 6) is 0.591. The van der Waals surface area contributed by atoms with E-state index in [2.05, 4.69) is 31.9 Å². The van der Waals surface area contributed by atoms with Crippen molar-refractivity contribution in [1.29, 1.82) is 0 Å². The van der Waals surface area contributed by atoms with Gasteiger partial charge in [-0.3, -0.25) is 4.79 Å². The molecule has 18 heavy (non-hydrogen) atoms. The molecule has 0 heterocycles. The van der Waals surface area contributed by atoms with Crippen molar-refractivity contribution in [1.82, 2.24) is 4.90 Å². The number of hydrogen-bond donors (Lipinski definition) is 0. The van der Waals surface area contributed by atoms with E-state index in [1.807, 2.05) is 19.2 Å². The Morgan fingerprint density at radius 2 is 2.17 bits per heavy atom. The molecule has 0 N–H and O–H groups in total. The zero-order valence-electron chi connectivity index (χ0n) is 10.00. The predicted octanol–water partition coefficient (Wildman–Crippen LogP) is 4.35. The smallest absolute Gasteiger partial charge is 0.255 e. The first-order valence-electron chi connectivity index (χ1n) is 5.82. The van der Waals surface area contributed by atoms with Gasteiger partial charge in [0.25, 0.3) is 5.91 Å². The standard InChI is InChI=1S/C13H14Br2ClNO/c1-17(7-8-5-9(14)6-8)13(18)10-3-2-4-11(15)12(10)16/h2-4,8-9H,5-7H2,1H3. The van der Waals surface area contributed by atoms with Crippen molar-refractivity contribution in [3.05, 3.63) is 33.3 Å². The van der Waals surface area contributed by atoms with Crippen LogP contribution in [0.25, 0.3) is 0 Å². The predicted molar refractivity (Wildman–Crippen MR) is 81.6 cm³/mol. The van der Waals surface area contributed by atoms with E-state index in [9.17, 15) is 4.79 Å². The molecule has 0 aliphatic heterocycles. The monoisotopic (exact) mass is 393 g/mol. The number of hydrogen-bond acceptors (Lipinski definition) is 1. The van der Waals surface area contributed by atoms with Gasteiger partial charge in [0.1, 0.15) is 0 Å². The number of carbonyl (C=O) groups excluding carboxylic acids is 1. The van der Waals surface area contributed by atoms with E-state index in [0.29, 0.717) is 21.3 Å². The molecule has 0 unspecified atom stereocenters. The molecule has 0 bridgehead atoms. The normalized spacial score (nSPS) is 22.4. The topological polar surface area (TPSA) is 20.3 Å². The highest BCUT2D eigenvalue weighted by Crippen LogP contribution is 2.34. The Kier molecular flexibility index (Phi) is 4.73. The van der Waals surface area contributed by atoms with Crippen molar-refractivity contribution >= 4 is 49.4 Å². The van der Waals surface area contributed by atoms with Crippen LogP contribution >= 0.6 is 43.5 Å². The molecule has 1 saturated carbocycles. The van der Waals surface area contributed by atoms with Crippen LogP contribution in [-0.4, -0.2) is 29.2 Å². The van der Waals surface area contributed by atoms with Gasteiger partial charge in [-0.1, -0.05) is 33.6 Å². The second-order valence-corrected chi connectivity index (χ2v) is 7.25. The molecular weight excluding hydrogens is 381 g/mol. The summed E-state index contributed by atoms with van der Waals surface area (Å²) in [6.07, 6.45) is 2.29. The molecule has 5 heteroatoms. The van der Waals surface area contributed by atoms with E-state index < -0.39 is 0 Å². The fourth-order valence-electron chi connectivity index (χ4n) is 2.15. The summed E-state index contributed by atoms with van der Waals surface area (Å²) in [6.45, 7) is 0.795. The second kappa shape index (κ2) is 5.93. The Morgan fingerprint density at radius 3 is 2.78 bits per heavy atom. The van der Waals surface area contributed by atoms with Crippen LogP contribution in [0.1, 0.15) is 23.2 Å². The summed E-state index contributed by atoms with van der Waals surface area (Å²) in [5.41, 5.74) is 0.559. The molecule has 0 radical (unpaired) electrons. The van der Waals surface area contributed by atoms with Crippen LogP contribution in [0, 0.1) is 5.92 Å². The molecule has 0 saturated heterocycles. The van der Waals surface area contributed by atoms with Gasteiger partial charge in [-0.2, -0.15) is 0 Å². The van der Waals surface area contributed by atoms with E-state index >= 15 is 0 Å². The number of rotatable bonds is 3. The van der Waals surface area contributed by atoms with Gasteiger partial charge in [0.15, 0.2) is 0 Å². The first kappa shape index (κ1) is 14.4. The molecule has 0 atom stereocenters. The number of carbonyl (C=O) groups is 1. The van der Waals surface area contributed by atoms with Crippen molar-refractivity contribution in [3.63, 3.8) is 0 Å². The fourth-order valence-corrected chi connectivity index (χ4v) is 3.78. The maximum atomic E-state index is 12.3. The average Bonchev–Trinajstić information content (AvgIpc) is 2.30. The molecule has 1 amide bonds. The van der Waals surface area contributed by atoms with E-state index in [0.717, 1.165) is 23.9 Å². The third-order valence-electron chi connectivity index (χ3n) is 3.24. The maximum absolute atomic E-state index is 12.3. The molecule has 1 aromatic carbocycles. The summed E-state index contributed by atoms with van der Waals surface area (Å²) in [4.78, 5) is 14.7. The summed E-state index contributed by atoms with van der Waals surface area (Å²) in [7, 11) is 1.83. The molecular formula is C13H14Br2ClNO. The van der Waals surface area contributed by atoms with Gasteiger partial charge in [-0.05, 0) is 46.8 Å². The molecule has 98 valence electrons. The first-order valence-corrected chi connectivity index (χ1v) is 7.91. The Morgan fingerprint density at radius 1 is 1.50 bits per heavy atom. The van der Waals surface area contributed by atoms with E-state index in [1.54, 1.807) is 11.0 Å². The Labute approximate surface area is 129 Å². The Hall–Kier alpha value is -0.0600. The quantitative estimate of drug-likeness (QED) is 0.697. The second-order valence-electron chi connectivity index (χ2n) is 4.72. The van der Waals surface area contributed by atoms with Gasteiger partial charge in [0, 0.05) is 22.9 Å². The molecule has 1 aliphatic rings. The minimum atomic E-state index is -0.0145. The highest BCUT2D eigenvalue weighted by atomic mass is 79.9. The van der Waals surface area contributed by atoms with Gasteiger partial charge in [-0.25, -0.2) is 0 Å². The van der Waals surface area contributed by atoms with Crippen molar-refractivity contribution in [2.75, 3.05) is 13.6 Å². The van der Waals surface area contributed by atoms with Crippen molar-refractivity contribution in [2.24, 2.45) is 5.92 Å². The van der Waals surface area contributed by atoms with Crippen LogP contribution in [0.4, 0.5) is 0 Å². The molecule has 2 nitrogen and oxygen atoms in total. The number of halogens is 3. The van der Waals surface area contributed by atoms with E-state index in [4.69, 9.17) is 11.6 Å². The zero-order chi connectivity index (χ0) is 13.3. The van der Waals surface area contributed by atoms with Crippen molar-refractivity contribution < 1.29 is 4.79 Å². The van der Waals surface area contributed by atoms with Gasteiger partial charge >= 0.3 is 0 Å². The highest BCUT2D eigenvalue weighted by Gasteiger charge is 2.29. The van der Waals surface area contributed by atoms with Gasteiger partial charge in [-0.15, -0.1) is 0 Å². The third kappa shape index (κ3) is 3.09. The number of benzene rings is 1. The van der Waals surface area contributed by atoms with Crippen LogP contribution in [0.5, 0.6) is 0 Å². The van der Waals surface area contributed by atoms with Crippen LogP contribution in [-0.2, 0) is 0 Å². The van der Waals surface area contributed by atoms with Crippen molar-refractivity contribution in [3.8, 4) is 0 Å². The van der Waals surface area contributed by atoms with Gasteiger partial charge in [0.05, 0.1) is 10.6 Å². The van der Waals surface area contributed by atoms with Gasteiger partial charge < -0.3 is 4.90 Å². The molecule has 2 rings (SSSR count). The number of amides is 1. The lowest BCUT2D eigenvalue weighted by molar-refractivity contribution is 0.0749. The van der Waals surface area contributed by atoms with Crippen LogP contribution in [0.3, 0.4) is 0 Å². The minimum Gasteiger partial charge on any atom is -0.341 e. The average molecular weight is 396 g/mol.